The molecule has 0 unspecified atom stereocenters. The first-order chi connectivity index (χ1) is 10.2. The fourth-order valence-electron chi connectivity index (χ4n) is 2.39. The smallest absolute Gasteiger partial charge is 0.0453 e. The molecule has 2 N–H and O–H groups in total. The summed E-state index contributed by atoms with van der Waals surface area (Å²) < 4.78 is 0. The van der Waals surface area contributed by atoms with Gasteiger partial charge in [-0.25, -0.2) is 0 Å². The second-order valence-electron chi connectivity index (χ2n) is 5.43. The largest absolute Gasteiger partial charge is 0.330 e. The van der Waals surface area contributed by atoms with Gasteiger partial charge in [-0.2, -0.15) is 0 Å². The summed E-state index contributed by atoms with van der Waals surface area (Å²) >= 11 is 6.36. The fraction of sp³-hybridized carbons (Fsp3) is 0.333. The number of benzene rings is 2. The summed E-state index contributed by atoms with van der Waals surface area (Å²) in [4.78, 5) is 2.40. The minimum atomic E-state index is 0.715. The lowest BCUT2D eigenvalue weighted by molar-refractivity contribution is 0.255. The molecular weight excluding hydrogens is 280 g/mol. The molecular formula is C18H23ClN2. The lowest BCUT2D eigenvalue weighted by Gasteiger charge is -2.23. The molecule has 0 saturated heterocycles. The van der Waals surface area contributed by atoms with E-state index in [9.17, 15) is 0 Å². The maximum atomic E-state index is 6.36. The van der Waals surface area contributed by atoms with Crippen molar-refractivity contribution in [1.29, 1.82) is 0 Å². The molecule has 0 aromatic heterocycles. The van der Waals surface area contributed by atoms with E-state index in [1.807, 2.05) is 12.1 Å². The second-order valence-corrected chi connectivity index (χ2v) is 5.84. The summed E-state index contributed by atoms with van der Waals surface area (Å²) in [6.45, 7) is 5.54. The Balaban J connectivity index is 2.08. The van der Waals surface area contributed by atoms with Crippen LogP contribution in [0.15, 0.2) is 48.5 Å². The van der Waals surface area contributed by atoms with Crippen LogP contribution in [0.2, 0.25) is 5.02 Å². The van der Waals surface area contributed by atoms with Crippen molar-refractivity contribution >= 4 is 11.6 Å². The minimum Gasteiger partial charge on any atom is -0.330 e. The monoisotopic (exact) mass is 302 g/mol. The van der Waals surface area contributed by atoms with Gasteiger partial charge in [-0.05, 0) is 42.6 Å². The molecule has 0 aliphatic heterocycles. The van der Waals surface area contributed by atoms with E-state index in [0.29, 0.717) is 6.54 Å². The molecule has 2 aromatic carbocycles. The lowest BCUT2D eigenvalue weighted by atomic mass is 10.1. The SMILES string of the molecule is Cc1ccc(CN(CCCN)Cc2ccccc2)c(Cl)c1. The van der Waals surface area contributed by atoms with Gasteiger partial charge in [0.05, 0.1) is 0 Å². The normalized spacial score (nSPS) is 11.0. The highest BCUT2D eigenvalue weighted by atomic mass is 35.5. The van der Waals surface area contributed by atoms with Gasteiger partial charge in [-0.15, -0.1) is 0 Å². The van der Waals surface area contributed by atoms with Gasteiger partial charge in [-0.1, -0.05) is 54.1 Å². The van der Waals surface area contributed by atoms with Crippen molar-refractivity contribution in [2.75, 3.05) is 13.1 Å². The number of hydrogen-bond donors (Lipinski definition) is 1. The molecule has 0 atom stereocenters. The summed E-state index contributed by atoms with van der Waals surface area (Å²) in [5, 5.41) is 0.848. The van der Waals surface area contributed by atoms with Crippen molar-refractivity contribution in [3.63, 3.8) is 0 Å². The van der Waals surface area contributed by atoms with E-state index in [2.05, 4.69) is 48.2 Å². The summed E-state index contributed by atoms with van der Waals surface area (Å²) in [5.41, 5.74) is 9.35. The summed E-state index contributed by atoms with van der Waals surface area (Å²) in [6, 6.07) is 16.8. The van der Waals surface area contributed by atoms with Gasteiger partial charge in [0.2, 0.25) is 0 Å². The van der Waals surface area contributed by atoms with Crippen LogP contribution in [0.1, 0.15) is 23.1 Å². The third-order valence-corrected chi connectivity index (χ3v) is 3.88. The Morgan fingerprint density at radius 3 is 2.48 bits per heavy atom. The summed E-state index contributed by atoms with van der Waals surface area (Å²) in [7, 11) is 0. The van der Waals surface area contributed by atoms with E-state index >= 15 is 0 Å². The minimum absolute atomic E-state index is 0.715. The number of halogens is 1. The Morgan fingerprint density at radius 2 is 1.81 bits per heavy atom. The predicted octanol–water partition coefficient (Wildman–Crippen LogP) is 4.00. The van der Waals surface area contributed by atoms with Crippen LogP contribution in [-0.4, -0.2) is 18.0 Å². The van der Waals surface area contributed by atoms with Crippen LogP contribution in [0, 0.1) is 6.92 Å². The first-order valence-electron chi connectivity index (χ1n) is 7.40. The summed E-state index contributed by atoms with van der Waals surface area (Å²) in [6.07, 6.45) is 0.996. The molecule has 0 fully saturated rings. The third kappa shape index (κ3) is 5.16. The van der Waals surface area contributed by atoms with Crippen molar-refractivity contribution in [1.82, 2.24) is 4.90 Å². The number of hydrogen-bond acceptors (Lipinski definition) is 2. The molecule has 21 heavy (non-hydrogen) atoms. The van der Waals surface area contributed by atoms with Crippen molar-refractivity contribution in [3.8, 4) is 0 Å². The Hall–Kier alpha value is -1.35. The molecule has 0 heterocycles. The highest BCUT2D eigenvalue weighted by Crippen LogP contribution is 2.20. The van der Waals surface area contributed by atoms with Crippen molar-refractivity contribution in [2.24, 2.45) is 5.73 Å². The van der Waals surface area contributed by atoms with Gasteiger partial charge in [-0.3, -0.25) is 4.90 Å². The first-order valence-corrected chi connectivity index (χ1v) is 7.78. The highest BCUT2D eigenvalue weighted by molar-refractivity contribution is 6.31. The van der Waals surface area contributed by atoms with Crippen LogP contribution >= 0.6 is 11.6 Å². The van der Waals surface area contributed by atoms with E-state index in [4.69, 9.17) is 17.3 Å². The first kappa shape index (κ1) is 16.0. The second kappa shape index (κ2) is 8.18. The molecule has 2 nitrogen and oxygen atoms in total. The predicted molar refractivity (Wildman–Crippen MR) is 90.4 cm³/mol. The topological polar surface area (TPSA) is 29.3 Å². The highest BCUT2D eigenvalue weighted by Gasteiger charge is 2.09. The average Bonchev–Trinajstić information content (AvgIpc) is 2.48. The van der Waals surface area contributed by atoms with Gasteiger partial charge >= 0.3 is 0 Å². The van der Waals surface area contributed by atoms with Gasteiger partial charge in [0.15, 0.2) is 0 Å². The number of aryl methyl sites for hydroxylation is 1. The fourth-order valence-corrected chi connectivity index (χ4v) is 2.69. The zero-order chi connectivity index (χ0) is 15.1. The molecule has 0 aliphatic carbocycles. The van der Waals surface area contributed by atoms with Gasteiger partial charge in [0.25, 0.3) is 0 Å². The maximum Gasteiger partial charge on any atom is 0.0453 e. The van der Waals surface area contributed by atoms with Crippen LogP contribution in [0.4, 0.5) is 0 Å². The molecule has 0 bridgehead atoms. The third-order valence-electron chi connectivity index (χ3n) is 3.53. The zero-order valence-electron chi connectivity index (χ0n) is 12.6. The van der Waals surface area contributed by atoms with E-state index < -0.39 is 0 Å². The van der Waals surface area contributed by atoms with Crippen LogP contribution in [0.25, 0.3) is 0 Å². The van der Waals surface area contributed by atoms with Crippen LogP contribution in [0.3, 0.4) is 0 Å². The molecule has 2 rings (SSSR count). The van der Waals surface area contributed by atoms with E-state index in [1.165, 1.54) is 16.7 Å². The van der Waals surface area contributed by atoms with Gasteiger partial charge in [0.1, 0.15) is 0 Å². The zero-order valence-corrected chi connectivity index (χ0v) is 13.3. The van der Waals surface area contributed by atoms with Gasteiger partial charge < -0.3 is 5.73 Å². The Bertz CT molecular complexity index is 554. The molecule has 0 spiro atoms. The molecule has 0 aliphatic rings. The van der Waals surface area contributed by atoms with Crippen molar-refractivity contribution in [3.05, 3.63) is 70.2 Å². The van der Waals surface area contributed by atoms with Gasteiger partial charge in [0, 0.05) is 24.7 Å². The molecule has 0 saturated carbocycles. The number of nitrogens with zero attached hydrogens (tertiary/aromatic N) is 1. The summed E-state index contributed by atoms with van der Waals surface area (Å²) in [5.74, 6) is 0. The lowest BCUT2D eigenvalue weighted by Crippen LogP contribution is -2.25. The van der Waals surface area contributed by atoms with Crippen molar-refractivity contribution < 1.29 is 0 Å². The van der Waals surface area contributed by atoms with Crippen LogP contribution in [0.5, 0.6) is 0 Å². The Morgan fingerprint density at radius 1 is 1.05 bits per heavy atom. The maximum absolute atomic E-state index is 6.36. The number of nitrogens with two attached hydrogens (primary N) is 1. The Labute approximate surface area is 132 Å². The number of rotatable bonds is 7. The molecule has 112 valence electrons. The van der Waals surface area contributed by atoms with E-state index in [1.54, 1.807) is 0 Å². The molecule has 0 amide bonds. The van der Waals surface area contributed by atoms with E-state index in [-0.39, 0.29) is 0 Å². The molecule has 2 aromatic rings. The quantitative estimate of drug-likeness (QED) is 0.837. The van der Waals surface area contributed by atoms with Crippen molar-refractivity contribution in [2.45, 2.75) is 26.4 Å². The molecule has 3 heteroatoms. The Kier molecular flexibility index (Phi) is 6.24. The van der Waals surface area contributed by atoms with Crippen LogP contribution < -0.4 is 5.73 Å². The average molecular weight is 303 g/mol. The van der Waals surface area contributed by atoms with E-state index in [0.717, 1.165) is 31.1 Å². The standard InChI is InChI=1S/C18H23ClN2/c1-15-8-9-17(18(19)12-15)14-21(11-5-10-20)13-16-6-3-2-4-7-16/h2-4,6-9,12H,5,10-11,13-14,20H2,1H3. The van der Waals surface area contributed by atoms with Crippen LogP contribution in [-0.2, 0) is 13.1 Å². The molecule has 0 radical (unpaired) electrons.